The van der Waals surface area contributed by atoms with Crippen LogP contribution in [0.4, 0.5) is 0 Å². The summed E-state index contributed by atoms with van der Waals surface area (Å²) in [6.45, 7) is 6.32. The molecule has 3 heterocycles. The monoisotopic (exact) mass is 382 g/mol. The molecule has 2 saturated heterocycles. The molecule has 2 aromatic rings. The Morgan fingerprint density at radius 1 is 1.00 bits per heavy atom. The van der Waals surface area contributed by atoms with Crippen molar-refractivity contribution in [3.63, 3.8) is 0 Å². The second-order valence-electron chi connectivity index (χ2n) is 7.57. The lowest BCUT2D eigenvalue weighted by Crippen LogP contribution is -2.54. The van der Waals surface area contributed by atoms with Crippen LogP contribution in [0.2, 0.25) is 0 Å². The van der Waals surface area contributed by atoms with Gasteiger partial charge in [-0.05, 0) is 49.1 Å². The van der Waals surface area contributed by atoms with Crippen molar-refractivity contribution in [2.45, 2.75) is 32.4 Å². The highest BCUT2D eigenvalue weighted by Crippen LogP contribution is 2.25. The number of amides is 2. The van der Waals surface area contributed by atoms with Crippen molar-refractivity contribution in [1.29, 1.82) is 0 Å². The van der Waals surface area contributed by atoms with E-state index in [0.29, 0.717) is 38.4 Å². The normalized spacial score (nSPS) is 22.5. The van der Waals surface area contributed by atoms with Crippen LogP contribution >= 0.6 is 0 Å². The molecule has 2 amide bonds. The smallest absolute Gasteiger partial charge is 0.289 e. The largest absolute Gasteiger partial charge is 0.459 e. The zero-order valence-corrected chi connectivity index (χ0v) is 16.3. The molecular weight excluding hydrogens is 356 g/mol. The van der Waals surface area contributed by atoms with Crippen molar-refractivity contribution in [3.8, 4) is 0 Å². The van der Waals surface area contributed by atoms with E-state index >= 15 is 0 Å². The molecule has 7 nitrogen and oxygen atoms in total. The molecule has 0 saturated carbocycles. The molecule has 2 N–H and O–H groups in total. The summed E-state index contributed by atoms with van der Waals surface area (Å²) in [5.74, 6) is 0.314. The van der Waals surface area contributed by atoms with Gasteiger partial charge < -0.3 is 14.2 Å². The summed E-state index contributed by atoms with van der Waals surface area (Å²) >= 11 is 0. The first-order valence-electron chi connectivity index (χ1n) is 9.72. The van der Waals surface area contributed by atoms with Crippen molar-refractivity contribution in [2.24, 2.45) is 0 Å². The standard InChI is InChI=1S/C21H26N4O3/c1-14-5-6-16(12-15(14)2)17-13-18(23-22-17)20(26)24-7-9-25(10-8-24)21(27)19-4-3-11-28-19/h3-6,11-12,17-18,22-23H,7-10,13H2,1-2H3. The Balaban J connectivity index is 1.32. The molecule has 0 bridgehead atoms. The fraction of sp³-hybridized carbons (Fsp3) is 0.429. The molecule has 2 atom stereocenters. The van der Waals surface area contributed by atoms with Crippen molar-refractivity contribution >= 4 is 11.8 Å². The van der Waals surface area contributed by atoms with E-state index in [1.165, 1.54) is 23.0 Å². The van der Waals surface area contributed by atoms with Gasteiger partial charge in [0.05, 0.1) is 6.26 Å². The van der Waals surface area contributed by atoms with E-state index in [4.69, 9.17) is 4.42 Å². The van der Waals surface area contributed by atoms with Gasteiger partial charge in [-0.3, -0.25) is 9.59 Å². The number of rotatable bonds is 3. The average Bonchev–Trinajstić information content (AvgIpc) is 3.41. The number of nitrogens with zero attached hydrogens (tertiary/aromatic N) is 2. The summed E-state index contributed by atoms with van der Waals surface area (Å²) in [5, 5.41) is 0. The first-order valence-corrected chi connectivity index (χ1v) is 9.72. The fourth-order valence-electron chi connectivity index (χ4n) is 3.82. The van der Waals surface area contributed by atoms with Gasteiger partial charge in [-0.25, -0.2) is 10.9 Å². The van der Waals surface area contributed by atoms with Crippen LogP contribution in [0.25, 0.3) is 0 Å². The molecule has 148 valence electrons. The van der Waals surface area contributed by atoms with Gasteiger partial charge in [-0.15, -0.1) is 0 Å². The number of piperazine rings is 1. The minimum absolute atomic E-state index is 0.0870. The minimum Gasteiger partial charge on any atom is -0.459 e. The van der Waals surface area contributed by atoms with E-state index in [2.05, 4.69) is 42.9 Å². The van der Waals surface area contributed by atoms with Crippen LogP contribution in [-0.4, -0.2) is 53.8 Å². The third kappa shape index (κ3) is 3.68. The first kappa shape index (κ1) is 18.7. The lowest BCUT2D eigenvalue weighted by molar-refractivity contribution is -0.134. The molecule has 4 rings (SSSR count). The quantitative estimate of drug-likeness (QED) is 0.846. The molecule has 0 radical (unpaired) electrons. The van der Waals surface area contributed by atoms with Crippen LogP contribution in [0.3, 0.4) is 0 Å². The van der Waals surface area contributed by atoms with Gasteiger partial charge in [0.2, 0.25) is 5.91 Å². The number of hydrogen-bond acceptors (Lipinski definition) is 5. The van der Waals surface area contributed by atoms with Crippen molar-refractivity contribution in [3.05, 3.63) is 59.0 Å². The summed E-state index contributed by atoms with van der Waals surface area (Å²) in [7, 11) is 0. The lowest BCUT2D eigenvalue weighted by Gasteiger charge is -2.35. The van der Waals surface area contributed by atoms with Gasteiger partial charge >= 0.3 is 0 Å². The fourth-order valence-corrected chi connectivity index (χ4v) is 3.82. The summed E-state index contributed by atoms with van der Waals surface area (Å²) in [5.41, 5.74) is 10.1. The van der Waals surface area contributed by atoms with Crippen LogP contribution in [0.5, 0.6) is 0 Å². The second kappa shape index (κ2) is 7.77. The van der Waals surface area contributed by atoms with Crippen molar-refractivity contribution in [1.82, 2.24) is 20.7 Å². The predicted molar refractivity (Wildman–Crippen MR) is 105 cm³/mol. The lowest BCUT2D eigenvalue weighted by atomic mass is 9.98. The zero-order chi connectivity index (χ0) is 19.7. The highest BCUT2D eigenvalue weighted by Gasteiger charge is 2.35. The predicted octanol–water partition coefficient (Wildman–Crippen LogP) is 1.79. The third-order valence-electron chi connectivity index (χ3n) is 5.75. The van der Waals surface area contributed by atoms with Crippen LogP contribution in [0, 0.1) is 13.8 Å². The highest BCUT2D eigenvalue weighted by molar-refractivity contribution is 5.91. The Hall–Kier alpha value is -2.64. The van der Waals surface area contributed by atoms with Gasteiger partial charge in [0.15, 0.2) is 5.76 Å². The number of nitrogens with one attached hydrogen (secondary N) is 2. The van der Waals surface area contributed by atoms with Gasteiger partial charge in [0.1, 0.15) is 6.04 Å². The Morgan fingerprint density at radius 2 is 1.75 bits per heavy atom. The molecule has 2 fully saturated rings. The van der Waals surface area contributed by atoms with Gasteiger partial charge in [-0.1, -0.05) is 18.2 Å². The van der Waals surface area contributed by atoms with E-state index in [0.717, 1.165) is 0 Å². The summed E-state index contributed by atoms with van der Waals surface area (Å²) < 4.78 is 5.18. The molecule has 0 aliphatic carbocycles. The Kier molecular flexibility index (Phi) is 5.19. The Morgan fingerprint density at radius 3 is 2.43 bits per heavy atom. The Bertz CT molecular complexity index is 857. The van der Waals surface area contributed by atoms with Crippen LogP contribution in [0.15, 0.2) is 41.0 Å². The summed E-state index contributed by atoms with van der Waals surface area (Å²) in [4.78, 5) is 28.8. The number of carbonyl (C=O) groups excluding carboxylic acids is 2. The SMILES string of the molecule is Cc1ccc(C2CC(C(=O)N3CCN(C(=O)c4ccco4)CC3)NN2)cc1C. The molecule has 2 unspecified atom stereocenters. The van der Waals surface area contributed by atoms with E-state index in [1.807, 2.05) is 4.90 Å². The molecular formula is C21H26N4O3. The number of carbonyl (C=O) groups is 2. The van der Waals surface area contributed by atoms with Gasteiger partial charge in [0.25, 0.3) is 5.91 Å². The maximum atomic E-state index is 12.9. The molecule has 2 aliphatic rings. The number of hydrogen-bond donors (Lipinski definition) is 2. The van der Waals surface area contributed by atoms with Crippen LogP contribution in [0.1, 0.15) is 39.7 Å². The first-order chi connectivity index (χ1) is 13.5. The minimum atomic E-state index is -0.251. The van der Waals surface area contributed by atoms with E-state index in [-0.39, 0.29) is 23.9 Å². The summed E-state index contributed by atoms with van der Waals surface area (Å²) in [6, 6.07) is 9.66. The number of aryl methyl sites for hydroxylation is 2. The topological polar surface area (TPSA) is 77.8 Å². The van der Waals surface area contributed by atoms with Crippen LogP contribution < -0.4 is 10.9 Å². The zero-order valence-electron chi connectivity index (χ0n) is 16.3. The number of furan rings is 1. The van der Waals surface area contributed by atoms with E-state index in [1.54, 1.807) is 17.0 Å². The number of hydrazine groups is 1. The third-order valence-corrected chi connectivity index (χ3v) is 5.75. The van der Waals surface area contributed by atoms with Crippen molar-refractivity contribution in [2.75, 3.05) is 26.2 Å². The molecule has 2 aliphatic heterocycles. The number of benzene rings is 1. The Labute approximate surface area is 164 Å². The van der Waals surface area contributed by atoms with Crippen LogP contribution in [-0.2, 0) is 4.79 Å². The summed E-state index contributed by atoms with van der Waals surface area (Å²) in [6.07, 6.45) is 2.21. The molecule has 1 aromatic carbocycles. The van der Waals surface area contributed by atoms with E-state index in [9.17, 15) is 9.59 Å². The highest BCUT2D eigenvalue weighted by atomic mass is 16.3. The average molecular weight is 382 g/mol. The molecule has 7 heteroatoms. The van der Waals surface area contributed by atoms with E-state index < -0.39 is 0 Å². The van der Waals surface area contributed by atoms with Gasteiger partial charge in [-0.2, -0.15) is 0 Å². The maximum Gasteiger partial charge on any atom is 0.289 e. The molecule has 1 aromatic heterocycles. The van der Waals surface area contributed by atoms with Gasteiger partial charge in [0, 0.05) is 32.2 Å². The maximum absolute atomic E-state index is 12.9. The molecule has 0 spiro atoms. The molecule has 28 heavy (non-hydrogen) atoms. The van der Waals surface area contributed by atoms with Crippen molar-refractivity contribution < 1.29 is 14.0 Å². The second-order valence-corrected chi connectivity index (χ2v) is 7.57.